The first kappa shape index (κ1) is 14.2. The van der Waals surface area contributed by atoms with Gasteiger partial charge in [0.25, 0.3) is 0 Å². The van der Waals surface area contributed by atoms with Crippen molar-refractivity contribution < 1.29 is 14.6 Å². The first-order valence-electron chi connectivity index (χ1n) is 3.67. The molecule has 1 atom stereocenters. The van der Waals surface area contributed by atoms with Crippen LogP contribution in [0.25, 0.3) is 0 Å². The first-order chi connectivity index (χ1) is 5.31. The minimum absolute atomic E-state index is 0. The molecule has 5 heteroatoms. The Morgan fingerprint density at radius 3 is 2.75 bits per heavy atom. The molecular formula is C7H16ClNO3. The van der Waals surface area contributed by atoms with E-state index in [9.17, 15) is 0 Å². The van der Waals surface area contributed by atoms with Gasteiger partial charge in [0.05, 0.1) is 19.8 Å². The van der Waals surface area contributed by atoms with Crippen LogP contribution in [0.15, 0.2) is 4.99 Å². The van der Waals surface area contributed by atoms with Gasteiger partial charge in [0.1, 0.15) is 6.23 Å². The van der Waals surface area contributed by atoms with Crippen LogP contribution in [-0.2, 0) is 9.47 Å². The average molecular weight is 198 g/mol. The zero-order valence-electron chi connectivity index (χ0n) is 7.40. The van der Waals surface area contributed by atoms with E-state index in [0.29, 0.717) is 13.2 Å². The monoisotopic (exact) mass is 197 g/mol. The van der Waals surface area contributed by atoms with Crippen molar-refractivity contribution >= 4 is 18.8 Å². The number of aliphatic hydroxyl groups is 1. The Bertz CT molecular complexity index is 111. The third kappa shape index (κ3) is 9.68. The zero-order chi connectivity index (χ0) is 8.53. The van der Waals surface area contributed by atoms with Gasteiger partial charge in [-0.2, -0.15) is 0 Å². The van der Waals surface area contributed by atoms with Gasteiger partial charge >= 0.3 is 0 Å². The molecule has 0 rings (SSSR count). The quantitative estimate of drug-likeness (QED) is 0.507. The molecule has 0 saturated carbocycles. The molecule has 0 aliphatic rings. The summed E-state index contributed by atoms with van der Waals surface area (Å²) in [5.41, 5.74) is 0. The zero-order valence-corrected chi connectivity index (χ0v) is 8.21. The summed E-state index contributed by atoms with van der Waals surface area (Å²) in [6.07, 6.45) is 1.12. The van der Waals surface area contributed by atoms with Crippen LogP contribution in [0.1, 0.15) is 13.8 Å². The van der Waals surface area contributed by atoms with Gasteiger partial charge in [0.15, 0.2) is 6.40 Å². The number of nitrogens with zero attached hydrogens (tertiary/aromatic N) is 1. The Labute approximate surface area is 79.0 Å². The van der Waals surface area contributed by atoms with Crippen molar-refractivity contribution in [1.82, 2.24) is 0 Å². The molecule has 1 unspecified atom stereocenters. The molecule has 0 aliphatic carbocycles. The van der Waals surface area contributed by atoms with Gasteiger partial charge in [-0.3, -0.25) is 0 Å². The van der Waals surface area contributed by atoms with Crippen LogP contribution in [0.2, 0.25) is 0 Å². The van der Waals surface area contributed by atoms with Crippen molar-refractivity contribution in [3.05, 3.63) is 0 Å². The number of aliphatic hydroxyl groups excluding tert-OH is 1. The lowest BCUT2D eigenvalue weighted by Gasteiger charge is -2.05. The predicted octanol–water partition coefficient (Wildman–Crippen LogP) is 0.828. The lowest BCUT2D eigenvalue weighted by Crippen LogP contribution is -2.09. The number of rotatable bonds is 6. The summed E-state index contributed by atoms with van der Waals surface area (Å²) >= 11 is 0. The van der Waals surface area contributed by atoms with E-state index < -0.39 is 0 Å². The predicted molar refractivity (Wildman–Crippen MR) is 49.9 cm³/mol. The summed E-state index contributed by atoms with van der Waals surface area (Å²) in [5.74, 6) is 0. The number of halogens is 1. The van der Waals surface area contributed by atoms with Crippen LogP contribution in [-0.4, -0.2) is 37.6 Å². The van der Waals surface area contributed by atoms with Crippen molar-refractivity contribution in [3.63, 3.8) is 0 Å². The Morgan fingerprint density at radius 2 is 2.25 bits per heavy atom. The van der Waals surface area contributed by atoms with Crippen LogP contribution < -0.4 is 0 Å². The van der Waals surface area contributed by atoms with Gasteiger partial charge in [-0.15, -0.1) is 12.4 Å². The third-order valence-corrected chi connectivity index (χ3v) is 0.962. The van der Waals surface area contributed by atoms with Crippen LogP contribution in [0, 0.1) is 0 Å². The van der Waals surface area contributed by atoms with Gasteiger partial charge < -0.3 is 14.6 Å². The average Bonchev–Trinajstić information content (AvgIpc) is 2.01. The van der Waals surface area contributed by atoms with E-state index in [2.05, 4.69) is 4.99 Å². The topological polar surface area (TPSA) is 51.0 Å². The van der Waals surface area contributed by atoms with E-state index in [4.69, 9.17) is 14.6 Å². The van der Waals surface area contributed by atoms with E-state index in [1.807, 2.05) is 6.92 Å². The second-order valence-electron chi connectivity index (χ2n) is 1.90. The maximum Gasteiger partial charge on any atom is 0.171 e. The van der Waals surface area contributed by atoms with Crippen LogP contribution in [0.3, 0.4) is 0 Å². The molecule has 12 heavy (non-hydrogen) atoms. The standard InChI is InChI=1S/C7H15NO3.ClH/c1-3-10-6-8-7(2)11-5-4-9;/h6-7,9H,3-5H2,1-2H3;1H. The lowest BCUT2D eigenvalue weighted by atomic mass is 10.6. The SMILES string of the molecule is CCOC=NC(C)OCCO.Cl. The summed E-state index contributed by atoms with van der Waals surface area (Å²) < 4.78 is 9.86. The van der Waals surface area contributed by atoms with Gasteiger partial charge in [-0.25, -0.2) is 4.99 Å². The van der Waals surface area contributed by atoms with Crippen molar-refractivity contribution in [2.75, 3.05) is 19.8 Å². The van der Waals surface area contributed by atoms with E-state index >= 15 is 0 Å². The summed E-state index contributed by atoms with van der Waals surface area (Å²) in [7, 11) is 0. The van der Waals surface area contributed by atoms with Gasteiger partial charge in [0.2, 0.25) is 0 Å². The maximum absolute atomic E-state index is 8.38. The molecule has 0 aromatic heterocycles. The molecule has 0 saturated heterocycles. The Kier molecular flexibility index (Phi) is 12.7. The Hall–Kier alpha value is -0.320. The summed E-state index contributed by atoms with van der Waals surface area (Å²) in [6, 6.07) is 0. The fourth-order valence-electron chi connectivity index (χ4n) is 0.470. The molecule has 1 N–H and O–H groups in total. The minimum Gasteiger partial charge on any atom is -0.484 e. The van der Waals surface area contributed by atoms with Gasteiger partial charge in [0, 0.05) is 0 Å². The highest BCUT2D eigenvalue weighted by Crippen LogP contribution is 1.89. The van der Waals surface area contributed by atoms with E-state index in [1.54, 1.807) is 6.92 Å². The fourth-order valence-corrected chi connectivity index (χ4v) is 0.470. The molecule has 74 valence electrons. The highest BCUT2D eigenvalue weighted by molar-refractivity contribution is 5.85. The molecular weight excluding hydrogens is 182 g/mol. The van der Waals surface area contributed by atoms with E-state index in [1.165, 1.54) is 6.40 Å². The first-order valence-corrected chi connectivity index (χ1v) is 3.67. The largest absolute Gasteiger partial charge is 0.484 e. The smallest absolute Gasteiger partial charge is 0.171 e. The summed E-state index contributed by atoms with van der Waals surface area (Å²) in [4.78, 5) is 3.87. The molecule has 0 aliphatic heterocycles. The van der Waals surface area contributed by atoms with Crippen LogP contribution in [0.4, 0.5) is 0 Å². The Morgan fingerprint density at radius 1 is 1.58 bits per heavy atom. The minimum atomic E-state index is -0.242. The lowest BCUT2D eigenvalue weighted by molar-refractivity contribution is 0.0434. The van der Waals surface area contributed by atoms with Gasteiger partial charge in [-0.05, 0) is 13.8 Å². The highest BCUT2D eigenvalue weighted by Gasteiger charge is 1.94. The normalized spacial score (nSPS) is 12.6. The molecule has 0 amide bonds. The second-order valence-corrected chi connectivity index (χ2v) is 1.90. The van der Waals surface area contributed by atoms with Crippen molar-refractivity contribution in [3.8, 4) is 0 Å². The summed E-state index contributed by atoms with van der Waals surface area (Å²) in [6.45, 7) is 4.60. The molecule has 0 bridgehead atoms. The highest BCUT2D eigenvalue weighted by atomic mass is 35.5. The maximum atomic E-state index is 8.38. The van der Waals surface area contributed by atoms with Crippen molar-refractivity contribution in [1.29, 1.82) is 0 Å². The van der Waals surface area contributed by atoms with Crippen molar-refractivity contribution in [2.24, 2.45) is 4.99 Å². The molecule has 0 fully saturated rings. The molecule has 0 heterocycles. The molecule has 4 nitrogen and oxygen atoms in total. The third-order valence-electron chi connectivity index (χ3n) is 0.962. The van der Waals surface area contributed by atoms with Crippen molar-refractivity contribution in [2.45, 2.75) is 20.1 Å². The van der Waals surface area contributed by atoms with Crippen LogP contribution >= 0.6 is 12.4 Å². The number of aliphatic imine (C=N–C) groups is 1. The molecule has 0 radical (unpaired) electrons. The second kappa shape index (κ2) is 10.7. The molecule has 0 aromatic rings. The number of hydrogen-bond acceptors (Lipinski definition) is 4. The van der Waals surface area contributed by atoms with E-state index in [0.717, 1.165) is 0 Å². The molecule has 0 aromatic carbocycles. The number of ether oxygens (including phenoxy) is 2. The van der Waals surface area contributed by atoms with E-state index in [-0.39, 0.29) is 25.2 Å². The van der Waals surface area contributed by atoms with Crippen LogP contribution in [0.5, 0.6) is 0 Å². The molecule has 0 spiro atoms. The van der Waals surface area contributed by atoms with Gasteiger partial charge in [-0.1, -0.05) is 0 Å². The fraction of sp³-hybridized carbons (Fsp3) is 0.857. The Balaban J connectivity index is 0. The summed E-state index contributed by atoms with van der Waals surface area (Å²) in [5, 5.41) is 8.38. The number of hydrogen-bond donors (Lipinski definition) is 1.